The van der Waals surface area contributed by atoms with Gasteiger partial charge in [0.1, 0.15) is 0 Å². The van der Waals surface area contributed by atoms with E-state index < -0.39 is 0 Å². The molecule has 0 fully saturated rings. The highest BCUT2D eigenvalue weighted by molar-refractivity contribution is 5.75. The molecule has 1 unspecified atom stereocenters. The van der Waals surface area contributed by atoms with Crippen LogP contribution in [0.15, 0.2) is 48.8 Å². The third-order valence-electron chi connectivity index (χ3n) is 5.48. The van der Waals surface area contributed by atoms with Crippen molar-refractivity contribution in [3.63, 3.8) is 0 Å². The molecule has 0 N–H and O–H groups in total. The largest absolute Gasteiger partial charge is 0.423 e. The molecule has 2 aromatic rings. The van der Waals surface area contributed by atoms with Gasteiger partial charge in [0.25, 0.3) is 0 Å². The third kappa shape index (κ3) is 6.81. The number of nitrogens with zero attached hydrogens (tertiary/aromatic N) is 2. The van der Waals surface area contributed by atoms with Crippen LogP contribution in [0.25, 0.3) is 11.4 Å². The van der Waals surface area contributed by atoms with Gasteiger partial charge in [-0.15, -0.1) is 0 Å². The predicted octanol–water partition coefficient (Wildman–Crippen LogP) is 6.31. The molecule has 0 radical (unpaired) electrons. The summed E-state index contributed by atoms with van der Waals surface area (Å²) in [6.07, 6.45) is 18.9. The minimum absolute atomic E-state index is 0.0566. The van der Waals surface area contributed by atoms with E-state index >= 15 is 0 Å². The fourth-order valence-electron chi connectivity index (χ4n) is 3.66. The highest BCUT2D eigenvalue weighted by atomic mass is 16.5. The molecule has 3 rings (SSSR count). The SMILES string of the molecule is CCCCCCCCc1ccc(-c2ncc(OC(=O)C3CC=CCC3)cn2)cc1. The van der Waals surface area contributed by atoms with E-state index in [4.69, 9.17) is 4.74 Å². The first kappa shape index (κ1) is 21.2. The predicted molar refractivity (Wildman–Crippen MR) is 117 cm³/mol. The van der Waals surface area contributed by atoms with E-state index in [2.05, 4.69) is 47.2 Å². The van der Waals surface area contributed by atoms with Crippen molar-refractivity contribution in [1.29, 1.82) is 0 Å². The monoisotopic (exact) mass is 392 g/mol. The first-order valence-corrected chi connectivity index (χ1v) is 11.0. The lowest BCUT2D eigenvalue weighted by Gasteiger charge is -2.15. The standard InChI is InChI=1S/C25H32N2O2/c1-2-3-4-5-6-8-11-20-14-16-21(17-15-20)24-26-18-23(19-27-24)29-25(28)22-12-9-7-10-13-22/h7,9,14-19,22H,2-6,8,10-13H2,1H3. The van der Waals surface area contributed by atoms with E-state index in [1.165, 1.54) is 44.1 Å². The zero-order chi connectivity index (χ0) is 20.3. The molecule has 154 valence electrons. The summed E-state index contributed by atoms with van der Waals surface area (Å²) in [5.74, 6) is 0.813. The van der Waals surface area contributed by atoms with Gasteiger partial charge in [0.2, 0.25) is 0 Å². The Bertz CT molecular complexity index is 781. The summed E-state index contributed by atoms with van der Waals surface area (Å²) in [7, 11) is 0. The van der Waals surface area contributed by atoms with Gasteiger partial charge in [0.15, 0.2) is 11.6 Å². The normalized spacial score (nSPS) is 16.0. The van der Waals surface area contributed by atoms with Crippen LogP contribution in [0.3, 0.4) is 0 Å². The molecule has 1 aromatic heterocycles. The lowest BCUT2D eigenvalue weighted by atomic mass is 9.95. The second-order valence-corrected chi connectivity index (χ2v) is 7.86. The van der Waals surface area contributed by atoms with Gasteiger partial charge in [-0.05, 0) is 37.7 Å². The van der Waals surface area contributed by atoms with Crippen molar-refractivity contribution in [1.82, 2.24) is 9.97 Å². The Hall–Kier alpha value is -2.49. The number of aromatic nitrogens is 2. The van der Waals surface area contributed by atoms with Crippen molar-refractivity contribution in [2.75, 3.05) is 0 Å². The van der Waals surface area contributed by atoms with E-state index in [9.17, 15) is 4.79 Å². The van der Waals surface area contributed by atoms with Crippen molar-refractivity contribution in [2.45, 2.75) is 71.1 Å². The highest BCUT2D eigenvalue weighted by Crippen LogP contribution is 2.22. The minimum atomic E-state index is -0.190. The number of allylic oxidation sites excluding steroid dienone is 2. The summed E-state index contributed by atoms with van der Waals surface area (Å²) < 4.78 is 5.45. The van der Waals surface area contributed by atoms with Crippen LogP contribution in [0, 0.1) is 5.92 Å². The van der Waals surface area contributed by atoms with E-state index in [1.807, 2.05) is 6.08 Å². The van der Waals surface area contributed by atoms with Crippen molar-refractivity contribution in [3.05, 3.63) is 54.4 Å². The molecule has 0 aliphatic heterocycles. The Labute approximate surface area is 174 Å². The summed E-state index contributed by atoms with van der Waals surface area (Å²) in [4.78, 5) is 21.0. The van der Waals surface area contributed by atoms with Gasteiger partial charge >= 0.3 is 5.97 Å². The Morgan fingerprint density at radius 3 is 2.41 bits per heavy atom. The van der Waals surface area contributed by atoms with Gasteiger partial charge in [-0.1, -0.05) is 75.4 Å². The molecule has 1 aromatic carbocycles. The summed E-state index contributed by atoms with van der Waals surface area (Å²) in [6.45, 7) is 2.25. The molecule has 29 heavy (non-hydrogen) atoms. The number of rotatable bonds is 10. The molecule has 1 aliphatic rings. The van der Waals surface area contributed by atoms with Gasteiger partial charge in [-0.25, -0.2) is 9.97 Å². The third-order valence-corrected chi connectivity index (χ3v) is 5.48. The Balaban J connectivity index is 1.48. The lowest BCUT2D eigenvalue weighted by molar-refractivity contribution is -0.139. The molecule has 0 saturated heterocycles. The summed E-state index contributed by atoms with van der Waals surface area (Å²) in [5.41, 5.74) is 2.34. The molecular weight excluding hydrogens is 360 g/mol. The molecule has 4 nitrogen and oxygen atoms in total. The average Bonchev–Trinajstić information content (AvgIpc) is 2.78. The van der Waals surface area contributed by atoms with E-state index in [1.54, 1.807) is 12.4 Å². The van der Waals surface area contributed by atoms with Crippen LogP contribution in [0.4, 0.5) is 0 Å². The van der Waals surface area contributed by atoms with Crippen LogP contribution in [-0.4, -0.2) is 15.9 Å². The molecule has 0 bridgehead atoms. The number of aryl methyl sites for hydroxylation is 1. The summed E-state index contributed by atoms with van der Waals surface area (Å²) in [5, 5.41) is 0. The Kier molecular flexibility index (Phi) is 8.41. The first-order chi connectivity index (χ1) is 14.3. The Morgan fingerprint density at radius 2 is 1.72 bits per heavy atom. The molecule has 1 aliphatic carbocycles. The van der Waals surface area contributed by atoms with Crippen LogP contribution in [-0.2, 0) is 11.2 Å². The first-order valence-electron chi connectivity index (χ1n) is 11.0. The number of carbonyl (C=O) groups excluding carboxylic acids is 1. The van der Waals surface area contributed by atoms with Crippen LogP contribution in [0.1, 0.15) is 70.3 Å². The maximum atomic E-state index is 12.2. The van der Waals surface area contributed by atoms with Crippen molar-refractivity contribution in [3.8, 4) is 17.1 Å². The van der Waals surface area contributed by atoms with Gasteiger partial charge in [0, 0.05) is 5.56 Å². The van der Waals surface area contributed by atoms with E-state index in [0.717, 1.165) is 31.2 Å². The second kappa shape index (κ2) is 11.5. The number of hydrogen-bond donors (Lipinski definition) is 0. The van der Waals surface area contributed by atoms with E-state index in [-0.39, 0.29) is 11.9 Å². The van der Waals surface area contributed by atoms with Crippen molar-refractivity contribution in [2.24, 2.45) is 5.92 Å². The van der Waals surface area contributed by atoms with Gasteiger partial charge in [-0.3, -0.25) is 4.79 Å². The molecule has 1 atom stereocenters. The number of hydrogen-bond acceptors (Lipinski definition) is 4. The fraction of sp³-hybridized carbons (Fsp3) is 0.480. The van der Waals surface area contributed by atoms with Crippen molar-refractivity contribution >= 4 is 5.97 Å². The number of unbranched alkanes of at least 4 members (excludes halogenated alkanes) is 5. The van der Waals surface area contributed by atoms with Crippen LogP contribution in [0.2, 0.25) is 0 Å². The molecular formula is C25H32N2O2. The van der Waals surface area contributed by atoms with Crippen LogP contribution < -0.4 is 4.74 Å². The smallest absolute Gasteiger partial charge is 0.314 e. The Morgan fingerprint density at radius 1 is 1.00 bits per heavy atom. The maximum Gasteiger partial charge on any atom is 0.314 e. The number of benzene rings is 1. The molecule has 1 heterocycles. The summed E-state index contributed by atoms with van der Waals surface area (Å²) in [6, 6.07) is 8.47. The quantitative estimate of drug-likeness (QED) is 0.270. The zero-order valence-electron chi connectivity index (χ0n) is 17.5. The molecule has 4 heteroatoms. The lowest BCUT2D eigenvalue weighted by Crippen LogP contribution is -2.21. The number of carbonyl (C=O) groups is 1. The van der Waals surface area contributed by atoms with Gasteiger partial charge < -0.3 is 4.74 Å². The molecule has 0 amide bonds. The van der Waals surface area contributed by atoms with Gasteiger partial charge in [-0.2, -0.15) is 0 Å². The fourth-order valence-corrected chi connectivity index (χ4v) is 3.66. The zero-order valence-corrected chi connectivity index (χ0v) is 17.5. The number of ether oxygens (including phenoxy) is 1. The van der Waals surface area contributed by atoms with E-state index in [0.29, 0.717) is 11.6 Å². The summed E-state index contributed by atoms with van der Waals surface area (Å²) >= 11 is 0. The minimum Gasteiger partial charge on any atom is -0.423 e. The average molecular weight is 393 g/mol. The van der Waals surface area contributed by atoms with Crippen LogP contribution >= 0.6 is 0 Å². The van der Waals surface area contributed by atoms with Gasteiger partial charge in [0.05, 0.1) is 18.3 Å². The molecule has 0 saturated carbocycles. The second-order valence-electron chi connectivity index (χ2n) is 7.86. The van der Waals surface area contributed by atoms with Crippen LogP contribution in [0.5, 0.6) is 5.75 Å². The highest BCUT2D eigenvalue weighted by Gasteiger charge is 2.21. The maximum absolute atomic E-state index is 12.2. The topological polar surface area (TPSA) is 52.1 Å². The number of esters is 1. The molecule has 0 spiro atoms. The van der Waals surface area contributed by atoms with Crippen molar-refractivity contribution < 1.29 is 9.53 Å².